The molecule has 2 aromatic rings. The van der Waals surface area contributed by atoms with Crippen LogP contribution in [0, 0.1) is 0 Å². The number of aromatic nitrogens is 2. The summed E-state index contributed by atoms with van der Waals surface area (Å²) in [7, 11) is 0. The van der Waals surface area contributed by atoms with Crippen LogP contribution in [0.2, 0.25) is 0 Å². The highest BCUT2D eigenvalue weighted by atomic mass is 32.2. The lowest BCUT2D eigenvalue weighted by Gasteiger charge is -2.01. The molecular weight excluding hydrogens is 192 g/mol. The van der Waals surface area contributed by atoms with Crippen molar-refractivity contribution in [1.82, 2.24) is 9.97 Å². The fraction of sp³-hybridized carbons (Fsp3) is 0.364. The first-order chi connectivity index (χ1) is 6.93. The molecule has 0 saturated carbocycles. The Bertz CT molecular complexity index is 410. The summed E-state index contributed by atoms with van der Waals surface area (Å²) in [4.78, 5) is 8.04. The lowest BCUT2D eigenvalue weighted by molar-refractivity contribution is 0.733. The number of fused-ring (bicyclic) bond motifs is 1. The molecule has 2 heterocycles. The van der Waals surface area contributed by atoms with Crippen molar-refractivity contribution in [3.63, 3.8) is 0 Å². The van der Waals surface area contributed by atoms with Crippen LogP contribution in [0.5, 0.6) is 0 Å². The smallest absolute Gasteiger partial charge is 0.111 e. The van der Waals surface area contributed by atoms with E-state index in [0.717, 1.165) is 5.52 Å². The van der Waals surface area contributed by atoms with Crippen LogP contribution in [0.25, 0.3) is 11.0 Å². The van der Waals surface area contributed by atoms with E-state index in [1.165, 1.54) is 29.3 Å². The van der Waals surface area contributed by atoms with Crippen molar-refractivity contribution in [3.8, 4) is 0 Å². The first-order valence-corrected chi connectivity index (χ1v) is 6.11. The molecule has 0 bridgehead atoms. The molecule has 3 heteroatoms. The number of nitrogens with one attached hydrogen (secondary N) is 1. The van der Waals surface area contributed by atoms with Gasteiger partial charge in [0.2, 0.25) is 0 Å². The Morgan fingerprint density at radius 1 is 1.36 bits per heavy atom. The minimum absolute atomic E-state index is 0.646. The van der Waals surface area contributed by atoms with Crippen LogP contribution in [0.4, 0.5) is 0 Å². The van der Waals surface area contributed by atoms with Gasteiger partial charge >= 0.3 is 0 Å². The van der Waals surface area contributed by atoms with E-state index in [1.54, 1.807) is 0 Å². The highest BCUT2D eigenvalue weighted by molar-refractivity contribution is 7.99. The first-order valence-electron chi connectivity index (χ1n) is 4.96. The summed E-state index contributed by atoms with van der Waals surface area (Å²) in [6.07, 6.45) is 1.27. The zero-order valence-electron chi connectivity index (χ0n) is 7.86. The second-order valence-electron chi connectivity index (χ2n) is 3.70. The Kier molecular flexibility index (Phi) is 1.98. The third-order valence-electron chi connectivity index (χ3n) is 2.72. The molecule has 0 radical (unpaired) electrons. The zero-order valence-corrected chi connectivity index (χ0v) is 8.68. The zero-order chi connectivity index (χ0) is 9.38. The summed E-state index contributed by atoms with van der Waals surface area (Å²) in [5.74, 6) is 4.32. The molecule has 0 aliphatic carbocycles. The quantitative estimate of drug-likeness (QED) is 0.773. The van der Waals surface area contributed by atoms with E-state index >= 15 is 0 Å². The van der Waals surface area contributed by atoms with Gasteiger partial charge in [0.15, 0.2) is 0 Å². The lowest BCUT2D eigenvalue weighted by atomic mass is 10.1. The minimum Gasteiger partial charge on any atom is -0.342 e. The topological polar surface area (TPSA) is 28.7 Å². The Balaban J connectivity index is 2.05. The van der Waals surface area contributed by atoms with Crippen molar-refractivity contribution in [2.24, 2.45) is 0 Å². The van der Waals surface area contributed by atoms with E-state index in [1.807, 2.05) is 23.9 Å². The fourth-order valence-corrected chi connectivity index (χ4v) is 3.14. The maximum Gasteiger partial charge on any atom is 0.111 e. The molecule has 0 spiro atoms. The highest BCUT2D eigenvalue weighted by Crippen LogP contribution is 2.31. The second kappa shape index (κ2) is 3.31. The number of rotatable bonds is 1. The van der Waals surface area contributed by atoms with Gasteiger partial charge in [0.1, 0.15) is 5.82 Å². The molecule has 1 N–H and O–H groups in total. The number of imidazole rings is 1. The van der Waals surface area contributed by atoms with E-state index in [9.17, 15) is 0 Å². The number of H-pyrrole nitrogens is 1. The number of thioether (sulfide) groups is 1. The van der Waals surface area contributed by atoms with Gasteiger partial charge < -0.3 is 4.98 Å². The number of hydrogen-bond acceptors (Lipinski definition) is 2. The van der Waals surface area contributed by atoms with Gasteiger partial charge in [-0.3, -0.25) is 0 Å². The van der Waals surface area contributed by atoms with Crippen molar-refractivity contribution in [3.05, 3.63) is 30.1 Å². The number of para-hydroxylation sites is 2. The summed E-state index contributed by atoms with van der Waals surface area (Å²) in [6, 6.07) is 8.25. The second-order valence-corrected chi connectivity index (χ2v) is 4.85. The number of aromatic amines is 1. The Morgan fingerprint density at radius 3 is 3.07 bits per heavy atom. The maximum atomic E-state index is 4.63. The first kappa shape index (κ1) is 8.36. The van der Waals surface area contributed by atoms with E-state index in [0.29, 0.717) is 5.92 Å². The van der Waals surface area contributed by atoms with Crippen LogP contribution >= 0.6 is 11.8 Å². The number of hydrogen-bond donors (Lipinski definition) is 1. The van der Waals surface area contributed by atoms with Gasteiger partial charge in [0, 0.05) is 11.7 Å². The molecule has 1 saturated heterocycles. The van der Waals surface area contributed by atoms with E-state index < -0.39 is 0 Å². The SMILES string of the molecule is c1ccc2[nH]c(C3CCSC3)nc2c1. The molecule has 14 heavy (non-hydrogen) atoms. The van der Waals surface area contributed by atoms with Gasteiger partial charge in [0.05, 0.1) is 11.0 Å². The Labute approximate surface area is 87.1 Å². The summed E-state index contributed by atoms with van der Waals surface area (Å²) in [6.45, 7) is 0. The fourth-order valence-electron chi connectivity index (χ4n) is 1.92. The molecule has 1 unspecified atom stereocenters. The molecule has 1 aliphatic heterocycles. The molecule has 0 amide bonds. The molecule has 3 rings (SSSR count). The third-order valence-corrected chi connectivity index (χ3v) is 3.89. The largest absolute Gasteiger partial charge is 0.342 e. The third kappa shape index (κ3) is 1.32. The van der Waals surface area contributed by atoms with Crippen LogP contribution in [0.1, 0.15) is 18.2 Å². The number of benzene rings is 1. The summed E-state index contributed by atoms with van der Waals surface area (Å²) in [5.41, 5.74) is 2.26. The monoisotopic (exact) mass is 204 g/mol. The lowest BCUT2D eigenvalue weighted by Crippen LogP contribution is -1.98. The standard InChI is InChI=1S/C11H12N2S/c1-2-4-10-9(3-1)12-11(13-10)8-5-6-14-7-8/h1-4,8H,5-7H2,(H,12,13). The van der Waals surface area contributed by atoms with Crippen molar-refractivity contribution in [2.75, 3.05) is 11.5 Å². The predicted molar refractivity (Wildman–Crippen MR) is 60.8 cm³/mol. The van der Waals surface area contributed by atoms with Crippen LogP contribution in [-0.4, -0.2) is 21.5 Å². The van der Waals surface area contributed by atoms with E-state index in [2.05, 4.69) is 22.1 Å². The van der Waals surface area contributed by atoms with E-state index in [4.69, 9.17) is 0 Å². The molecule has 1 aromatic carbocycles. The van der Waals surface area contributed by atoms with Gasteiger partial charge in [-0.25, -0.2) is 4.98 Å². The van der Waals surface area contributed by atoms with Crippen molar-refractivity contribution < 1.29 is 0 Å². The van der Waals surface area contributed by atoms with Crippen molar-refractivity contribution in [1.29, 1.82) is 0 Å². The van der Waals surface area contributed by atoms with Gasteiger partial charge in [-0.2, -0.15) is 11.8 Å². The summed E-state index contributed by atoms with van der Waals surface area (Å²) >= 11 is 2.03. The predicted octanol–water partition coefficient (Wildman–Crippen LogP) is 2.78. The van der Waals surface area contributed by atoms with Gasteiger partial charge in [-0.1, -0.05) is 12.1 Å². The average molecular weight is 204 g/mol. The molecule has 1 aliphatic rings. The molecule has 1 aromatic heterocycles. The van der Waals surface area contributed by atoms with Gasteiger partial charge in [0.25, 0.3) is 0 Å². The minimum atomic E-state index is 0.646. The molecule has 1 fully saturated rings. The van der Waals surface area contributed by atoms with Crippen LogP contribution in [-0.2, 0) is 0 Å². The summed E-state index contributed by atoms with van der Waals surface area (Å²) < 4.78 is 0. The van der Waals surface area contributed by atoms with Crippen molar-refractivity contribution >= 4 is 22.8 Å². The molecular formula is C11H12N2S. The Hall–Kier alpha value is -0.960. The highest BCUT2D eigenvalue weighted by Gasteiger charge is 2.20. The number of nitrogens with zero attached hydrogens (tertiary/aromatic N) is 1. The van der Waals surface area contributed by atoms with E-state index in [-0.39, 0.29) is 0 Å². The van der Waals surface area contributed by atoms with Crippen molar-refractivity contribution in [2.45, 2.75) is 12.3 Å². The molecule has 2 nitrogen and oxygen atoms in total. The van der Waals surface area contributed by atoms with Crippen LogP contribution in [0.3, 0.4) is 0 Å². The maximum absolute atomic E-state index is 4.63. The summed E-state index contributed by atoms with van der Waals surface area (Å²) in [5, 5.41) is 0. The van der Waals surface area contributed by atoms with Crippen LogP contribution < -0.4 is 0 Å². The molecule has 1 atom stereocenters. The van der Waals surface area contributed by atoms with Gasteiger partial charge in [-0.05, 0) is 24.3 Å². The average Bonchev–Trinajstić information content (AvgIpc) is 2.86. The van der Waals surface area contributed by atoms with Gasteiger partial charge in [-0.15, -0.1) is 0 Å². The molecule has 72 valence electrons. The normalized spacial score (nSPS) is 21.9. The van der Waals surface area contributed by atoms with Crippen LogP contribution in [0.15, 0.2) is 24.3 Å². The Morgan fingerprint density at radius 2 is 2.29 bits per heavy atom.